The Labute approximate surface area is 86.2 Å². The van der Waals surface area contributed by atoms with E-state index in [0.29, 0.717) is 23.3 Å². The summed E-state index contributed by atoms with van der Waals surface area (Å²) in [6.07, 6.45) is 1.08. The molecule has 0 saturated heterocycles. The predicted molar refractivity (Wildman–Crippen MR) is 51.0 cm³/mol. The van der Waals surface area contributed by atoms with Crippen molar-refractivity contribution in [1.82, 2.24) is 10.2 Å². The van der Waals surface area contributed by atoms with Crippen molar-refractivity contribution in [3.05, 3.63) is 5.89 Å². The molecule has 78 valence electrons. The number of aromatic nitrogens is 2. The number of ether oxygens (including phenoxy) is 1. The fraction of sp³-hybridized carbons (Fsp3) is 0.625. The smallest absolute Gasteiger partial charge is 0.306 e. The first-order valence-corrected chi connectivity index (χ1v) is 5.26. The summed E-state index contributed by atoms with van der Waals surface area (Å²) in [5.74, 6) is 0.983. The largest absolute Gasteiger partial charge is 0.469 e. The van der Waals surface area contributed by atoms with Crippen LogP contribution in [0.2, 0.25) is 0 Å². The van der Waals surface area contributed by atoms with Crippen molar-refractivity contribution in [2.75, 3.05) is 12.9 Å². The molecule has 0 fully saturated rings. The number of carbonyl (C=O) groups excluding carboxylic acids is 1. The summed E-state index contributed by atoms with van der Waals surface area (Å²) in [5, 5.41) is 8.11. The highest BCUT2D eigenvalue weighted by molar-refractivity contribution is 7.99. The van der Waals surface area contributed by atoms with Crippen LogP contribution in [0, 0.1) is 0 Å². The Morgan fingerprint density at radius 1 is 1.57 bits per heavy atom. The molecule has 0 spiro atoms. The lowest BCUT2D eigenvalue weighted by Crippen LogP contribution is -2.00. The molecule has 0 aliphatic carbocycles. The van der Waals surface area contributed by atoms with E-state index in [-0.39, 0.29) is 5.97 Å². The Bertz CT molecular complexity index is 301. The van der Waals surface area contributed by atoms with Crippen molar-refractivity contribution in [3.8, 4) is 0 Å². The molecule has 0 saturated carbocycles. The van der Waals surface area contributed by atoms with Gasteiger partial charge in [-0.15, -0.1) is 10.2 Å². The number of hydrogen-bond acceptors (Lipinski definition) is 6. The number of hydrogen-bond donors (Lipinski definition) is 0. The summed E-state index contributed by atoms with van der Waals surface area (Å²) in [7, 11) is 1.37. The number of esters is 1. The van der Waals surface area contributed by atoms with Crippen LogP contribution < -0.4 is 0 Å². The van der Waals surface area contributed by atoms with Crippen molar-refractivity contribution in [3.63, 3.8) is 0 Å². The van der Waals surface area contributed by atoms with Gasteiger partial charge in [0.2, 0.25) is 5.89 Å². The highest BCUT2D eigenvalue weighted by Gasteiger charge is 2.06. The SMILES string of the molecule is CCc1nnc(SCCC(=O)OC)o1. The van der Waals surface area contributed by atoms with Gasteiger partial charge in [-0.3, -0.25) is 4.79 Å². The quantitative estimate of drug-likeness (QED) is 0.545. The van der Waals surface area contributed by atoms with E-state index in [2.05, 4.69) is 14.9 Å². The molecular formula is C8H12N2O3S. The summed E-state index contributed by atoms with van der Waals surface area (Å²) < 4.78 is 9.73. The molecule has 1 aromatic heterocycles. The zero-order valence-corrected chi connectivity index (χ0v) is 8.97. The molecule has 0 N–H and O–H groups in total. The first-order chi connectivity index (χ1) is 6.76. The van der Waals surface area contributed by atoms with E-state index in [1.54, 1.807) is 0 Å². The van der Waals surface area contributed by atoms with Gasteiger partial charge < -0.3 is 9.15 Å². The second-order valence-electron chi connectivity index (χ2n) is 2.49. The zero-order chi connectivity index (χ0) is 10.4. The molecule has 0 aliphatic heterocycles. The van der Waals surface area contributed by atoms with E-state index in [4.69, 9.17) is 4.42 Å². The third-order valence-electron chi connectivity index (χ3n) is 1.51. The van der Waals surface area contributed by atoms with Crippen LogP contribution in [0.1, 0.15) is 19.2 Å². The molecule has 6 heteroatoms. The standard InChI is InChI=1S/C8H12N2O3S/c1-3-6-9-10-8(13-6)14-5-4-7(11)12-2/h3-5H2,1-2H3. The van der Waals surface area contributed by atoms with Gasteiger partial charge in [0.25, 0.3) is 5.22 Å². The van der Waals surface area contributed by atoms with Crippen LogP contribution in [0.25, 0.3) is 0 Å². The van der Waals surface area contributed by atoms with Crippen LogP contribution in [-0.4, -0.2) is 29.0 Å². The third-order valence-corrected chi connectivity index (χ3v) is 2.33. The van der Waals surface area contributed by atoms with Gasteiger partial charge >= 0.3 is 5.97 Å². The van der Waals surface area contributed by atoms with Crippen LogP contribution in [0.3, 0.4) is 0 Å². The van der Waals surface area contributed by atoms with Crippen molar-refractivity contribution < 1.29 is 13.9 Å². The van der Waals surface area contributed by atoms with E-state index < -0.39 is 0 Å². The van der Waals surface area contributed by atoms with Gasteiger partial charge in [-0.2, -0.15) is 0 Å². The maximum Gasteiger partial charge on any atom is 0.306 e. The van der Waals surface area contributed by atoms with Gasteiger partial charge in [0.05, 0.1) is 13.5 Å². The molecule has 0 amide bonds. The van der Waals surface area contributed by atoms with Gasteiger partial charge in [0.1, 0.15) is 0 Å². The normalized spacial score (nSPS) is 10.1. The Morgan fingerprint density at radius 2 is 2.36 bits per heavy atom. The second-order valence-corrected chi connectivity index (χ2v) is 3.54. The Kier molecular flexibility index (Phi) is 4.45. The third kappa shape index (κ3) is 3.37. The molecule has 0 bridgehead atoms. The molecule has 0 atom stereocenters. The fourth-order valence-corrected chi connectivity index (χ4v) is 1.46. The van der Waals surface area contributed by atoms with E-state index in [1.165, 1.54) is 18.9 Å². The summed E-state index contributed by atoms with van der Waals surface area (Å²) in [4.78, 5) is 10.8. The van der Waals surface area contributed by atoms with E-state index in [1.807, 2.05) is 6.92 Å². The van der Waals surface area contributed by atoms with E-state index >= 15 is 0 Å². The molecule has 0 aromatic carbocycles. The lowest BCUT2D eigenvalue weighted by molar-refractivity contribution is -0.140. The summed E-state index contributed by atoms with van der Waals surface area (Å²) in [6.45, 7) is 1.94. The van der Waals surface area contributed by atoms with E-state index in [0.717, 1.165) is 6.42 Å². The topological polar surface area (TPSA) is 65.2 Å². The number of carbonyl (C=O) groups is 1. The Morgan fingerprint density at radius 3 is 2.93 bits per heavy atom. The minimum Gasteiger partial charge on any atom is -0.469 e. The maximum absolute atomic E-state index is 10.8. The average molecular weight is 216 g/mol. The van der Waals surface area contributed by atoms with Crippen LogP contribution in [-0.2, 0) is 16.0 Å². The lowest BCUT2D eigenvalue weighted by atomic mass is 10.5. The zero-order valence-electron chi connectivity index (χ0n) is 8.15. The number of aryl methyl sites for hydroxylation is 1. The number of thioether (sulfide) groups is 1. The number of methoxy groups -OCH3 is 1. The molecule has 14 heavy (non-hydrogen) atoms. The minimum absolute atomic E-state index is 0.229. The predicted octanol–water partition coefficient (Wildman–Crippen LogP) is 1.29. The fourth-order valence-electron chi connectivity index (χ4n) is 0.763. The first kappa shape index (κ1) is 11.0. The van der Waals surface area contributed by atoms with E-state index in [9.17, 15) is 4.79 Å². The Hall–Kier alpha value is -1.04. The maximum atomic E-state index is 10.8. The second kappa shape index (κ2) is 5.64. The van der Waals surface area contributed by atoms with Crippen molar-refractivity contribution >= 4 is 17.7 Å². The molecule has 0 radical (unpaired) electrons. The van der Waals surface area contributed by atoms with Crippen LogP contribution in [0.15, 0.2) is 9.64 Å². The molecule has 1 heterocycles. The molecule has 1 aromatic rings. The van der Waals surface area contributed by atoms with Crippen molar-refractivity contribution in [2.24, 2.45) is 0 Å². The average Bonchev–Trinajstić information content (AvgIpc) is 2.65. The van der Waals surface area contributed by atoms with Gasteiger partial charge in [-0.05, 0) is 0 Å². The summed E-state index contributed by atoms with van der Waals surface area (Å²) in [5.41, 5.74) is 0. The van der Waals surface area contributed by atoms with Crippen LogP contribution >= 0.6 is 11.8 Å². The number of nitrogens with zero attached hydrogens (tertiary/aromatic N) is 2. The van der Waals surface area contributed by atoms with Crippen LogP contribution in [0.4, 0.5) is 0 Å². The van der Waals surface area contributed by atoms with Gasteiger partial charge in [0, 0.05) is 12.2 Å². The highest BCUT2D eigenvalue weighted by Crippen LogP contribution is 2.16. The van der Waals surface area contributed by atoms with Crippen molar-refractivity contribution in [2.45, 2.75) is 25.0 Å². The lowest BCUT2D eigenvalue weighted by Gasteiger charge is -1.95. The molecule has 0 aliphatic rings. The van der Waals surface area contributed by atoms with Crippen molar-refractivity contribution in [1.29, 1.82) is 0 Å². The minimum atomic E-state index is -0.229. The van der Waals surface area contributed by atoms with Crippen LogP contribution in [0.5, 0.6) is 0 Å². The van der Waals surface area contributed by atoms with Gasteiger partial charge in [-0.1, -0.05) is 18.7 Å². The van der Waals surface area contributed by atoms with Gasteiger partial charge in [0.15, 0.2) is 0 Å². The first-order valence-electron chi connectivity index (χ1n) is 4.28. The molecule has 1 rings (SSSR count). The molecule has 5 nitrogen and oxygen atoms in total. The Balaban J connectivity index is 2.27. The summed E-state index contributed by atoms with van der Waals surface area (Å²) in [6, 6.07) is 0. The highest BCUT2D eigenvalue weighted by atomic mass is 32.2. The summed E-state index contributed by atoms with van der Waals surface area (Å²) >= 11 is 1.36. The molecule has 0 unspecified atom stereocenters. The van der Waals surface area contributed by atoms with Gasteiger partial charge in [-0.25, -0.2) is 0 Å². The molecular weight excluding hydrogens is 204 g/mol. The number of rotatable bonds is 5. The monoisotopic (exact) mass is 216 g/mol.